The molecule has 78 valence electrons. The molecule has 1 saturated carbocycles. The van der Waals surface area contributed by atoms with E-state index in [1.165, 1.54) is 19.3 Å². The van der Waals surface area contributed by atoms with Crippen LogP contribution in [-0.2, 0) is 0 Å². The van der Waals surface area contributed by atoms with Crippen molar-refractivity contribution in [3.63, 3.8) is 0 Å². The number of aromatic nitrogens is 3. The summed E-state index contributed by atoms with van der Waals surface area (Å²) in [4.78, 5) is 4.02. The van der Waals surface area contributed by atoms with Gasteiger partial charge in [-0.1, -0.05) is 6.92 Å². The molecule has 4 nitrogen and oxygen atoms in total. The second-order valence-electron chi connectivity index (χ2n) is 4.26. The summed E-state index contributed by atoms with van der Waals surface area (Å²) >= 11 is 0. The highest BCUT2D eigenvalue weighted by Crippen LogP contribution is 2.31. The number of nitrogens with one attached hydrogen (secondary N) is 1. The molecule has 1 heterocycles. The van der Waals surface area contributed by atoms with E-state index in [9.17, 15) is 0 Å². The average Bonchev–Trinajstić information content (AvgIpc) is 2.70. The zero-order chi connectivity index (χ0) is 9.97. The zero-order valence-corrected chi connectivity index (χ0v) is 8.85. The molecule has 1 aliphatic carbocycles. The Morgan fingerprint density at radius 2 is 2.29 bits per heavy atom. The van der Waals surface area contributed by atoms with Crippen LogP contribution in [0.25, 0.3) is 0 Å². The molecular weight excluding hydrogens is 176 g/mol. The molecule has 0 radical (unpaired) electrons. The Hall–Kier alpha value is -0.900. The Kier molecular flexibility index (Phi) is 2.82. The van der Waals surface area contributed by atoms with E-state index < -0.39 is 0 Å². The zero-order valence-electron chi connectivity index (χ0n) is 8.85. The Morgan fingerprint density at radius 1 is 1.43 bits per heavy atom. The van der Waals surface area contributed by atoms with Gasteiger partial charge in [0.1, 0.15) is 12.7 Å². The van der Waals surface area contributed by atoms with Crippen LogP contribution in [0.1, 0.15) is 32.2 Å². The average molecular weight is 194 g/mol. The van der Waals surface area contributed by atoms with Crippen LogP contribution in [0.4, 0.5) is 0 Å². The summed E-state index contributed by atoms with van der Waals surface area (Å²) in [7, 11) is 2.03. The van der Waals surface area contributed by atoms with Gasteiger partial charge >= 0.3 is 0 Å². The maximum atomic E-state index is 4.24. The van der Waals surface area contributed by atoms with E-state index in [-0.39, 0.29) is 0 Å². The number of hydrogen-bond donors (Lipinski definition) is 1. The highest BCUT2D eigenvalue weighted by molar-refractivity contribution is 4.86. The molecule has 1 aromatic rings. The minimum absolute atomic E-state index is 0.478. The molecule has 0 saturated heterocycles. The Balaban J connectivity index is 2.13. The van der Waals surface area contributed by atoms with Gasteiger partial charge in [-0.15, -0.1) is 0 Å². The molecule has 1 fully saturated rings. The van der Waals surface area contributed by atoms with Crippen LogP contribution in [-0.4, -0.2) is 27.9 Å². The highest BCUT2D eigenvalue weighted by atomic mass is 15.3. The van der Waals surface area contributed by atoms with Crippen molar-refractivity contribution in [1.82, 2.24) is 20.1 Å². The Labute approximate surface area is 84.7 Å². The number of hydrogen-bond acceptors (Lipinski definition) is 3. The van der Waals surface area contributed by atoms with Crippen LogP contribution in [0, 0.1) is 5.92 Å². The van der Waals surface area contributed by atoms with Gasteiger partial charge < -0.3 is 5.32 Å². The van der Waals surface area contributed by atoms with Gasteiger partial charge in [-0.25, -0.2) is 9.67 Å². The summed E-state index contributed by atoms with van der Waals surface area (Å²) in [5.41, 5.74) is 0. The van der Waals surface area contributed by atoms with Crippen molar-refractivity contribution in [3.8, 4) is 0 Å². The predicted octanol–water partition coefficient (Wildman–Crippen LogP) is 1.23. The second-order valence-corrected chi connectivity index (χ2v) is 4.26. The van der Waals surface area contributed by atoms with Crippen molar-refractivity contribution in [1.29, 1.82) is 0 Å². The van der Waals surface area contributed by atoms with Crippen LogP contribution >= 0.6 is 0 Å². The fraction of sp³-hybridized carbons (Fsp3) is 0.800. The fourth-order valence-corrected chi connectivity index (χ4v) is 2.37. The summed E-state index contributed by atoms with van der Waals surface area (Å²) in [6, 6.07) is 1.03. The Bertz CT molecular complexity index is 270. The van der Waals surface area contributed by atoms with Crippen LogP contribution < -0.4 is 5.32 Å². The van der Waals surface area contributed by atoms with Gasteiger partial charge in [0.25, 0.3) is 0 Å². The summed E-state index contributed by atoms with van der Waals surface area (Å²) in [6.45, 7) is 2.32. The number of nitrogens with zero attached hydrogens (tertiary/aromatic N) is 3. The first-order chi connectivity index (χ1) is 6.81. The van der Waals surface area contributed by atoms with E-state index in [1.54, 1.807) is 6.33 Å². The first-order valence-electron chi connectivity index (χ1n) is 5.32. The van der Waals surface area contributed by atoms with Crippen LogP contribution in [0.3, 0.4) is 0 Å². The van der Waals surface area contributed by atoms with Gasteiger partial charge in [-0.2, -0.15) is 5.10 Å². The number of likely N-dealkylation sites (N-methyl/N-ethyl adjacent to an activating group) is 1. The van der Waals surface area contributed by atoms with E-state index in [0.29, 0.717) is 12.1 Å². The standard InChI is InChI=1S/C10H18N4/c1-8-3-4-9(11-2)10(5-8)14-7-12-6-13-14/h6-11H,3-5H2,1-2H3. The maximum absolute atomic E-state index is 4.24. The third-order valence-electron chi connectivity index (χ3n) is 3.23. The first kappa shape index (κ1) is 9.65. The Morgan fingerprint density at radius 3 is 2.93 bits per heavy atom. The largest absolute Gasteiger partial charge is 0.315 e. The fourth-order valence-electron chi connectivity index (χ4n) is 2.37. The van der Waals surface area contributed by atoms with Crippen molar-refractivity contribution >= 4 is 0 Å². The number of rotatable bonds is 2. The van der Waals surface area contributed by atoms with Crippen LogP contribution in [0.2, 0.25) is 0 Å². The third kappa shape index (κ3) is 1.80. The molecule has 0 aliphatic heterocycles. The van der Waals surface area contributed by atoms with E-state index in [4.69, 9.17) is 0 Å². The molecule has 1 aromatic heterocycles. The van der Waals surface area contributed by atoms with Crippen molar-refractivity contribution < 1.29 is 0 Å². The van der Waals surface area contributed by atoms with E-state index in [0.717, 1.165) is 5.92 Å². The minimum Gasteiger partial charge on any atom is -0.315 e. The van der Waals surface area contributed by atoms with Gasteiger partial charge in [0.05, 0.1) is 6.04 Å². The summed E-state index contributed by atoms with van der Waals surface area (Å²) in [6.07, 6.45) is 7.20. The van der Waals surface area contributed by atoms with Crippen molar-refractivity contribution in [2.24, 2.45) is 5.92 Å². The van der Waals surface area contributed by atoms with Crippen LogP contribution in [0.15, 0.2) is 12.7 Å². The molecule has 1 aliphatic rings. The van der Waals surface area contributed by atoms with E-state index >= 15 is 0 Å². The topological polar surface area (TPSA) is 42.7 Å². The normalized spacial score (nSPS) is 33.1. The van der Waals surface area contributed by atoms with E-state index in [2.05, 4.69) is 22.3 Å². The van der Waals surface area contributed by atoms with Crippen molar-refractivity contribution in [2.45, 2.75) is 38.3 Å². The van der Waals surface area contributed by atoms with Gasteiger partial charge in [0.15, 0.2) is 0 Å². The predicted molar refractivity (Wildman–Crippen MR) is 54.9 cm³/mol. The molecular formula is C10H18N4. The third-order valence-corrected chi connectivity index (χ3v) is 3.23. The SMILES string of the molecule is CNC1CCC(C)CC1n1cncn1. The lowest BCUT2D eigenvalue weighted by atomic mass is 9.83. The minimum atomic E-state index is 0.478. The molecule has 0 spiro atoms. The monoisotopic (exact) mass is 194 g/mol. The molecule has 1 N–H and O–H groups in total. The molecule has 3 unspecified atom stereocenters. The van der Waals surface area contributed by atoms with Gasteiger partial charge in [-0.3, -0.25) is 0 Å². The van der Waals surface area contributed by atoms with Crippen molar-refractivity contribution in [2.75, 3.05) is 7.05 Å². The molecule has 2 rings (SSSR count). The molecule has 3 atom stereocenters. The lowest BCUT2D eigenvalue weighted by molar-refractivity contribution is 0.210. The second kappa shape index (κ2) is 4.09. The van der Waals surface area contributed by atoms with Crippen LogP contribution in [0.5, 0.6) is 0 Å². The summed E-state index contributed by atoms with van der Waals surface area (Å²) in [5, 5.41) is 7.61. The lowest BCUT2D eigenvalue weighted by Gasteiger charge is -2.34. The quantitative estimate of drug-likeness (QED) is 0.770. The van der Waals surface area contributed by atoms with Gasteiger partial charge in [0.2, 0.25) is 0 Å². The highest BCUT2D eigenvalue weighted by Gasteiger charge is 2.29. The molecule has 4 heteroatoms. The molecule has 0 amide bonds. The van der Waals surface area contributed by atoms with Gasteiger partial charge in [0, 0.05) is 6.04 Å². The lowest BCUT2D eigenvalue weighted by Crippen LogP contribution is -2.39. The summed E-state index contributed by atoms with van der Waals surface area (Å²) in [5.74, 6) is 0.800. The summed E-state index contributed by atoms with van der Waals surface area (Å²) < 4.78 is 2.00. The van der Waals surface area contributed by atoms with Crippen molar-refractivity contribution in [3.05, 3.63) is 12.7 Å². The maximum Gasteiger partial charge on any atom is 0.137 e. The molecule has 0 aromatic carbocycles. The molecule has 14 heavy (non-hydrogen) atoms. The van der Waals surface area contributed by atoms with Gasteiger partial charge in [-0.05, 0) is 32.2 Å². The first-order valence-corrected chi connectivity index (χ1v) is 5.32. The van der Waals surface area contributed by atoms with E-state index in [1.807, 2.05) is 18.1 Å². The molecule has 0 bridgehead atoms. The smallest absolute Gasteiger partial charge is 0.137 e.